The van der Waals surface area contributed by atoms with Gasteiger partial charge in [-0.3, -0.25) is 14.5 Å². The Morgan fingerprint density at radius 2 is 1.93 bits per heavy atom. The fraction of sp³-hybridized carbons (Fsp3) is 0.250. The number of nitrogens with zero attached hydrogens (tertiary/aromatic N) is 2. The number of nitrogens with one attached hydrogen (secondary N) is 1. The molecule has 0 unspecified atom stereocenters. The van der Waals surface area contributed by atoms with Gasteiger partial charge in [0, 0.05) is 17.1 Å². The first-order valence-corrected chi connectivity index (χ1v) is 10.0. The van der Waals surface area contributed by atoms with Gasteiger partial charge in [-0.05, 0) is 43.3 Å². The summed E-state index contributed by atoms with van der Waals surface area (Å²) in [6.07, 6.45) is -0.692. The summed E-state index contributed by atoms with van der Waals surface area (Å²) in [5.74, 6) is -0.502. The lowest BCUT2D eigenvalue weighted by Crippen LogP contribution is -2.38. The lowest BCUT2D eigenvalue weighted by atomic mass is 10.2. The predicted octanol–water partition coefficient (Wildman–Crippen LogP) is 3.68. The summed E-state index contributed by atoms with van der Waals surface area (Å²) in [4.78, 5) is 31.1. The van der Waals surface area contributed by atoms with Gasteiger partial charge in [-0.25, -0.2) is 4.99 Å². The third-order valence-electron chi connectivity index (χ3n) is 3.95. The van der Waals surface area contributed by atoms with Gasteiger partial charge in [0.25, 0.3) is 0 Å². The molecule has 0 aromatic heterocycles. The van der Waals surface area contributed by atoms with E-state index in [0.29, 0.717) is 21.6 Å². The van der Waals surface area contributed by atoms with Crippen molar-refractivity contribution in [1.29, 1.82) is 0 Å². The number of rotatable bonds is 6. The van der Waals surface area contributed by atoms with Crippen LogP contribution in [0.5, 0.6) is 0 Å². The molecule has 1 aliphatic rings. The smallest absolute Gasteiger partial charge is 0.242 e. The molecule has 0 bridgehead atoms. The normalized spacial score (nSPS) is 19.1. The molecule has 2 aromatic rings. The zero-order chi connectivity index (χ0) is 20.1. The number of amidine groups is 1. The van der Waals surface area contributed by atoms with Crippen LogP contribution in [-0.4, -0.2) is 44.9 Å². The molecule has 0 aliphatic carbocycles. The third kappa shape index (κ3) is 5.34. The minimum atomic E-state index is -0.702. The highest BCUT2D eigenvalue weighted by atomic mass is 35.5. The summed E-state index contributed by atoms with van der Waals surface area (Å²) in [5.41, 5.74) is 1.32. The fourth-order valence-electron chi connectivity index (χ4n) is 2.68. The number of amides is 2. The molecule has 2 atom stereocenters. The first-order valence-electron chi connectivity index (χ1n) is 8.77. The summed E-state index contributed by atoms with van der Waals surface area (Å²) in [5, 5.41) is 13.0. The number of carbonyl (C=O) groups excluding carboxylic acids is 2. The van der Waals surface area contributed by atoms with Gasteiger partial charge in [0.15, 0.2) is 5.17 Å². The zero-order valence-corrected chi connectivity index (χ0v) is 16.8. The second kappa shape index (κ2) is 9.23. The van der Waals surface area contributed by atoms with Crippen molar-refractivity contribution in [3.8, 4) is 0 Å². The lowest BCUT2D eigenvalue weighted by Gasteiger charge is -2.18. The Hall–Kier alpha value is -2.35. The van der Waals surface area contributed by atoms with Gasteiger partial charge >= 0.3 is 0 Å². The molecular formula is C20H20ClN3O3S. The van der Waals surface area contributed by atoms with Crippen LogP contribution in [0, 0.1) is 0 Å². The van der Waals surface area contributed by atoms with Crippen molar-refractivity contribution >= 4 is 51.7 Å². The number of benzene rings is 2. The van der Waals surface area contributed by atoms with Gasteiger partial charge in [0.05, 0.1) is 18.3 Å². The minimum absolute atomic E-state index is 0.0102. The fourth-order valence-corrected chi connectivity index (χ4v) is 3.98. The van der Waals surface area contributed by atoms with E-state index in [2.05, 4.69) is 10.3 Å². The molecule has 0 spiro atoms. The van der Waals surface area contributed by atoms with Crippen LogP contribution in [0.3, 0.4) is 0 Å². The summed E-state index contributed by atoms with van der Waals surface area (Å²) < 4.78 is 0. The highest BCUT2D eigenvalue weighted by Crippen LogP contribution is 2.32. The number of carbonyl (C=O) groups is 2. The predicted molar refractivity (Wildman–Crippen MR) is 113 cm³/mol. The lowest BCUT2D eigenvalue weighted by molar-refractivity contribution is -0.128. The zero-order valence-electron chi connectivity index (χ0n) is 15.2. The van der Waals surface area contributed by atoms with E-state index in [0.717, 1.165) is 0 Å². The van der Waals surface area contributed by atoms with Gasteiger partial charge in [0.1, 0.15) is 5.25 Å². The van der Waals surface area contributed by atoms with E-state index in [-0.39, 0.29) is 24.8 Å². The SMILES string of the molecule is C[C@H](O)CN1C(=O)[C@H](CC(=O)Nc2ccc(Cl)cc2)SC1=Nc1ccccc1. The molecule has 1 saturated heterocycles. The number of aliphatic imine (C=N–C) groups is 1. The molecule has 6 nitrogen and oxygen atoms in total. The molecule has 0 radical (unpaired) electrons. The molecule has 0 saturated carbocycles. The van der Waals surface area contributed by atoms with Crippen LogP contribution in [0.4, 0.5) is 11.4 Å². The molecule has 1 heterocycles. The summed E-state index contributed by atoms with van der Waals surface area (Å²) in [6, 6.07) is 16.0. The second-order valence-corrected chi connectivity index (χ2v) is 8.00. The molecule has 2 aromatic carbocycles. The van der Waals surface area contributed by atoms with Crippen molar-refractivity contribution in [3.63, 3.8) is 0 Å². The number of hydrogen-bond acceptors (Lipinski definition) is 5. The van der Waals surface area contributed by atoms with Crippen molar-refractivity contribution in [2.24, 2.45) is 4.99 Å². The average Bonchev–Trinajstić information content (AvgIpc) is 2.93. The second-order valence-electron chi connectivity index (χ2n) is 6.39. The van der Waals surface area contributed by atoms with Gasteiger partial charge in [-0.2, -0.15) is 0 Å². The van der Waals surface area contributed by atoms with Gasteiger partial charge in [-0.1, -0.05) is 41.6 Å². The highest BCUT2D eigenvalue weighted by Gasteiger charge is 2.39. The van der Waals surface area contributed by atoms with E-state index in [1.165, 1.54) is 16.7 Å². The van der Waals surface area contributed by atoms with Crippen LogP contribution in [0.25, 0.3) is 0 Å². The Labute approximate surface area is 172 Å². The number of β-amino-alcohol motifs (C(OH)–C–C–N with tert-alkyl or cyclic N) is 1. The molecular weight excluding hydrogens is 398 g/mol. The molecule has 2 amide bonds. The van der Waals surface area contributed by atoms with E-state index in [9.17, 15) is 14.7 Å². The number of para-hydroxylation sites is 1. The topological polar surface area (TPSA) is 82.0 Å². The largest absolute Gasteiger partial charge is 0.392 e. The number of halogens is 1. The first-order chi connectivity index (χ1) is 13.4. The maximum atomic E-state index is 12.8. The maximum Gasteiger partial charge on any atom is 0.242 e. The van der Waals surface area contributed by atoms with Gasteiger partial charge in [0.2, 0.25) is 11.8 Å². The molecule has 3 rings (SSSR count). The van der Waals surface area contributed by atoms with E-state index >= 15 is 0 Å². The molecule has 1 fully saturated rings. The quantitative estimate of drug-likeness (QED) is 0.751. The average molecular weight is 418 g/mol. The van der Waals surface area contributed by atoms with Crippen molar-refractivity contribution in [3.05, 3.63) is 59.6 Å². The Balaban J connectivity index is 1.72. The van der Waals surface area contributed by atoms with Crippen molar-refractivity contribution in [2.45, 2.75) is 24.7 Å². The summed E-state index contributed by atoms with van der Waals surface area (Å²) in [6.45, 7) is 1.74. The Kier molecular flexibility index (Phi) is 6.72. The maximum absolute atomic E-state index is 12.8. The Bertz CT molecular complexity index is 872. The van der Waals surface area contributed by atoms with Crippen molar-refractivity contribution in [1.82, 2.24) is 4.90 Å². The van der Waals surface area contributed by atoms with Crippen molar-refractivity contribution in [2.75, 3.05) is 11.9 Å². The summed E-state index contributed by atoms with van der Waals surface area (Å²) >= 11 is 7.08. The highest BCUT2D eigenvalue weighted by molar-refractivity contribution is 8.15. The Morgan fingerprint density at radius 1 is 1.25 bits per heavy atom. The van der Waals surface area contributed by atoms with Gasteiger partial charge in [-0.15, -0.1) is 0 Å². The minimum Gasteiger partial charge on any atom is -0.392 e. The third-order valence-corrected chi connectivity index (χ3v) is 5.37. The van der Waals surface area contributed by atoms with E-state index in [1.54, 1.807) is 31.2 Å². The van der Waals surface area contributed by atoms with E-state index in [4.69, 9.17) is 11.6 Å². The van der Waals surface area contributed by atoms with Crippen molar-refractivity contribution < 1.29 is 14.7 Å². The monoisotopic (exact) mass is 417 g/mol. The number of anilines is 1. The van der Waals surface area contributed by atoms with Gasteiger partial charge < -0.3 is 10.4 Å². The molecule has 146 valence electrons. The Morgan fingerprint density at radius 3 is 2.57 bits per heavy atom. The van der Waals surface area contributed by atoms with E-state index in [1.807, 2.05) is 30.3 Å². The standard InChI is InChI=1S/C20H20ClN3O3S/c1-13(25)12-24-19(27)17(28-20(24)23-15-5-3-2-4-6-15)11-18(26)22-16-9-7-14(21)8-10-16/h2-10,13,17,25H,11-12H2,1H3,(H,22,26)/t13-,17-/m0/s1. The van der Waals surface area contributed by atoms with Crippen LogP contribution in [0.1, 0.15) is 13.3 Å². The van der Waals surface area contributed by atoms with Crippen LogP contribution in [0.2, 0.25) is 5.02 Å². The van der Waals surface area contributed by atoms with E-state index < -0.39 is 11.4 Å². The molecule has 1 aliphatic heterocycles. The first kappa shape index (κ1) is 20.4. The number of hydrogen-bond donors (Lipinski definition) is 2. The van der Waals surface area contributed by atoms with Crippen LogP contribution in [-0.2, 0) is 9.59 Å². The number of thioether (sulfide) groups is 1. The molecule has 8 heteroatoms. The van der Waals surface area contributed by atoms with Crippen LogP contribution in [0.15, 0.2) is 59.6 Å². The molecule has 28 heavy (non-hydrogen) atoms. The number of aliphatic hydroxyl groups excluding tert-OH is 1. The molecule has 2 N–H and O–H groups in total. The number of aliphatic hydroxyl groups is 1. The van der Waals surface area contributed by atoms with Crippen LogP contribution < -0.4 is 5.32 Å². The summed E-state index contributed by atoms with van der Waals surface area (Å²) in [7, 11) is 0. The van der Waals surface area contributed by atoms with Crippen LogP contribution >= 0.6 is 23.4 Å².